The van der Waals surface area contributed by atoms with Gasteiger partial charge in [-0.2, -0.15) is 0 Å². The molecule has 0 fully saturated rings. The maximum absolute atomic E-state index is 5.44. The Morgan fingerprint density at radius 1 is 1.60 bits per heavy atom. The Hall–Kier alpha value is 1.50. The van der Waals surface area contributed by atoms with Crippen LogP contribution >= 0.6 is 16.6 Å². The number of hydrogen-bond donors (Lipinski definition) is 0. The predicted molar refractivity (Wildman–Crippen MR) is 27.9 cm³/mol. The van der Waals surface area contributed by atoms with Gasteiger partial charge in [0.25, 0.3) is 0 Å². The molecule has 0 saturated carbocycles. The van der Waals surface area contributed by atoms with Crippen LogP contribution in [-0.4, -0.2) is 20.3 Å². The third kappa shape index (κ3) is 5.50. The van der Waals surface area contributed by atoms with Gasteiger partial charge >= 0.3 is 47.8 Å². The van der Waals surface area contributed by atoms with E-state index in [1.807, 2.05) is 6.92 Å². The van der Waals surface area contributed by atoms with Crippen LogP contribution in [0.3, 0.4) is 0 Å². The van der Waals surface area contributed by atoms with E-state index >= 15 is 0 Å². The van der Waals surface area contributed by atoms with E-state index in [1.165, 1.54) is 0 Å². The van der Waals surface area contributed by atoms with Crippen molar-refractivity contribution in [3.8, 4) is 0 Å². The summed E-state index contributed by atoms with van der Waals surface area (Å²) in [6.07, 6.45) is 0. The van der Waals surface area contributed by atoms with Crippen molar-refractivity contribution in [3.63, 3.8) is 0 Å². The average Bonchev–Trinajstić information content (AvgIpc) is 1.38. The zero-order valence-corrected chi connectivity index (χ0v) is 8.36. The summed E-state index contributed by atoms with van der Waals surface area (Å²) in [5.41, 5.74) is 0. The maximum atomic E-state index is 5.44. The molecule has 0 aliphatic heterocycles. The molecule has 0 nitrogen and oxygen atoms in total. The third-order valence-corrected chi connectivity index (χ3v) is 7.04. The molecule has 3 heteroatoms. The Morgan fingerprint density at radius 3 is 1.80 bits per heavy atom. The molecular weight excluding hydrogens is 302 g/mol. The molecule has 0 aliphatic carbocycles. The van der Waals surface area contributed by atoms with Gasteiger partial charge in [0.15, 0.2) is 0 Å². The number of rotatable bonds is 1. The van der Waals surface area contributed by atoms with E-state index < -0.39 is 20.3 Å². The van der Waals surface area contributed by atoms with Crippen molar-refractivity contribution in [1.82, 2.24) is 0 Å². The van der Waals surface area contributed by atoms with E-state index in [-0.39, 0.29) is 0 Å². The molecule has 0 atom stereocenters. The van der Waals surface area contributed by atoms with E-state index in [9.17, 15) is 0 Å². The fourth-order valence-corrected chi connectivity index (χ4v) is 0. The minimum absolute atomic E-state index is 1.05. The van der Waals surface area contributed by atoms with Gasteiger partial charge in [-0.15, -0.1) is 0 Å². The predicted octanol–water partition coefficient (Wildman–Crippen LogP) is 1.97. The summed E-state index contributed by atoms with van der Waals surface area (Å²) in [5, 5.41) is 0. The SMILES string of the molecule is C[CH2][Pb]([Cl])[Cl]. The summed E-state index contributed by atoms with van der Waals surface area (Å²) < 4.78 is 1.05. The molecule has 1 radical (unpaired) electrons. The van der Waals surface area contributed by atoms with Crippen LogP contribution in [0, 0.1) is 0 Å². The zero-order valence-electron chi connectivity index (χ0n) is 2.96. The van der Waals surface area contributed by atoms with Crippen molar-refractivity contribution < 1.29 is 0 Å². The van der Waals surface area contributed by atoms with Crippen LogP contribution in [0.2, 0.25) is 3.98 Å². The van der Waals surface area contributed by atoms with Gasteiger partial charge in [0.05, 0.1) is 0 Å². The Morgan fingerprint density at radius 2 is 1.80 bits per heavy atom. The molecule has 0 aromatic heterocycles. The molecular formula is C2H5Cl2Pb. The van der Waals surface area contributed by atoms with Crippen LogP contribution in [0.25, 0.3) is 0 Å². The Labute approximate surface area is 47.5 Å². The van der Waals surface area contributed by atoms with Crippen molar-refractivity contribution in [3.05, 3.63) is 0 Å². The average molecular weight is 307 g/mol. The summed E-state index contributed by atoms with van der Waals surface area (Å²) in [5.74, 6) is 0. The van der Waals surface area contributed by atoms with E-state index in [2.05, 4.69) is 0 Å². The van der Waals surface area contributed by atoms with Crippen molar-refractivity contribution in [2.75, 3.05) is 0 Å². The number of hydrogen-bond acceptors (Lipinski definition) is 0. The van der Waals surface area contributed by atoms with Gasteiger partial charge in [0.1, 0.15) is 0 Å². The van der Waals surface area contributed by atoms with E-state index in [0.29, 0.717) is 0 Å². The van der Waals surface area contributed by atoms with E-state index in [4.69, 9.17) is 16.6 Å². The molecule has 0 heterocycles. The second-order valence-electron chi connectivity index (χ2n) is 0.692. The quantitative estimate of drug-likeness (QED) is 0.650. The molecule has 0 amide bonds. The van der Waals surface area contributed by atoms with E-state index in [0.717, 1.165) is 3.98 Å². The molecule has 0 rings (SSSR count). The zero-order chi connectivity index (χ0) is 4.28. The standard InChI is InChI=1S/C2H5.2ClH.Pb/c1-2;;;/h1H2,2H3;2*1H;/q;;;+2/p-2. The molecule has 0 N–H and O–H groups in total. The first-order chi connectivity index (χ1) is 2.27. The first-order valence-electron chi connectivity index (χ1n) is 1.44. The fraction of sp³-hybridized carbons (Fsp3) is 1.00. The molecule has 0 spiro atoms. The van der Waals surface area contributed by atoms with Gasteiger partial charge in [-0.1, -0.05) is 0 Å². The van der Waals surface area contributed by atoms with Gasteiger partial charge in [-0.3, -0.25) is 0 Å². The molecule has 5 heavy (non-hydrogen) atoms. The van der Waals surface area contributed by atoms with Gasteiger partial charge in [-0.05, 0) is 0 Å². The first kappa shape index (κ1) is 6.50. The van der Waals surface area contributed by atoms with Gasteiger partial charge in [0.2, 0.25) is 0 Å². The molecule has 31 valence electrons. The Bertz CT molecular complexity index is 21.6. The van der Waals surface area contributed by atoms with Crippen molar-refractivity contribution in [1.29, 1.82) is 0 Å². The minimum atomic E-state index is -1.76. The Balaban J connectivity index is 2.54. The summed E-state index contributed by atoms with van der Waals surface area (Å²) in [4.78, 5) is 0. The van der Waals surface area contributed by atoms with Crippen LogP contribution in [0.1, 0.15) is 6.92 Å². The molecule has 0 bridgehead atoms. The molecule has 0 aromatic carbocycles. The number of halogens is 2. The second kappa shape index (κ2) is 3.68. The van der Waals surface area contributed by atoms with E-state index in [1.54, 1.807) is 0 Å². The van der Waals surface area contributed by atoms with Crippen LogP contribution in [0.5, 0.6) is 0 Å². The molecule has 0 unspecified atom stereocenters. The molecule has 0 saturated heterocycles. The molecule has 0 aromatic rings. The topological polar surface area (TPSA) is 0 Å². The van der Waals surface area contributed by atoms with Crippen molar-refractivity contribution in [2.45, 2.75) is 10.9 Å². The fourth-order valence-electron chi connectivity index (χ4n) is 0. The van der Waals surface area contributed by atoms with Gasteiger partial charge in [-0.25, -0.2) is 0 Å². The first-order valence-corrected chi connectivity index (χ1v) is 13.8. The van der Waals surface area contributed by atoms with Gasteiger partial charge < -0.3 is 0 Å². The second-order valence-corrected chi connectivity index (χ2v) is 15.8. The van der Waals surface area contributed by atoms with Crippen LogP contribution in [0.15, 0.2) is 0 Å². The van der Waals surface area contributed by atoms with Crippen LogP contribution in [-0.2, 0) is 0 Å². The third-order valence-electron chi connectivity index (χ3n) is 0.267. The van der Waals surface area contributed by atoms with Gasteiger partial charge in [0, 0.05) is 0 Å². The summed E-state index contributed by atoms with van der Waals surface area (Å²) >= 11 is -1.76. The van der Waals surface area contributed by atoms with Crippen LogP contribution in [0.4, 0.5) is 0 Å². The Kier molecular flexibility index (Phi) is 4.79. The summed E-state index contributed by atoms with van der Waals surface area (Å²) in [6.45, 7) is 2.03. The molecule has 0 aliphatic rings. The van der Waals surface area contributed by atoms with Crippen molar-refractivity contribution >= 4 is 36.9 Å². The van der Waals surface area contributed by atoms with Crippen LogP contribution < -0.4 is 0 Å². The normalized spacial score (nSPS) is 9.60. The van der Waals surface area contributed by atoms with Crippen molar-refractivity contribution in [2.24, 2.45) is 0 Å². The summed E-state index contributed by atoms with van der Waals surface area (Å²) in [6, 6.07) is 0. The summed E-state index contributed by atoms with van der Waals surface area (Å²) in [7, 11) is 10.9. The monoisotopic (exact) mass is 307 g/mol.